The molecule has 2 rings (SSSR count). The van der Waals surface area contributed by atoms with Crippen molar-refractivity contribution >= 4 is 11.7 Å². The van der Waals surface area contributed by atoms with E-state index >= 15 is 0 Å². The number of ether oxygens (including phenoxy) is 1. The summed E-state index contributed by atoms with van der Waals surface area (Å²) in [7, 11) is 0. The Kier molecular flexibility index (Phi) is 3.52. The summed E-state index contributed by atoms with van der Waals surface area (Å²) < 4.78 is 4.95. The molecule has 1 aromatic heterocycles. The second-order valence-corrected chi connectivity index (χ2v) is 3.65. The van der Waals surface area contributed by atoms with Crippen molar-refractivity contribution in [3.8, 4) is 11.1 Å². The number of rotatable bonds is 3. The fourth-order valence-corrected chi connectivity index (χ4v) is 1.57. The topological polar surface area (TPSA) is 78.1 Å². The lowest BCUT2D eigenvalue weighted by molar-refractivity contribution is 0.0527. The van der Waals surface area contributed by atoms with Gasteiger partial charge in [0.2, 0.25) is 0 Å². The van der Waals surface area contributed by atoms with E-state index in [1.807, 2.05) is 6.07 Å². The van der Waals surface area contributed by atoms with Crippen LogP contribution in [0.25, 0.3) is 11.1 Å². The van der Waals surface area contributed by atoms with Crippen LogP contribution >= 0.6 is 0 Å². The minimum Gasteiger partial charge on any atom is -0.462 e. The lowest BCUT2D eigenvalue weighted by atomic mass is 10.0. The number of aromatic nitrogens is 2. The highest BCUT2D eigenvalue weighted by molar-refractivity contribution is 5.96. The lowest BCUT2D eigenvalue weighted by Gasteiger charge is -2.07. The SMILES string of the molecule is CCOC(=O)c1cc(-c2cncnc2)ccc1N. The summed E-state index contributed by atoms with van der Waals surface area (Å²) in [5.74, 6) is -0.423. The van der Waals surface area contributed by atoms with Gasteiger partial charge in [0, 0.05) is 23.6 Å². The molecule has 1 heterocycles. The van der Waals surface area contributed by atoms with Crippen molar-refractivity contribution in [3.05, 3.63) is 42.5 Å². The maximum Gasteiger partial charge on any atom is 0.340 e. The summed E-state index contributed by atoms with van der Waals surface area (Å²) >= 11 is 0. The number of hydrogen-bond donors (Lipinski definition) is 1. The summed E-state index contributed by atoms with van der Waals surface area (Å²) in [6.45, 7) is 2.07. The summed E-state index contributed by atoms with van der Waals surface area (Å²) in [6.07, 6.45) is 4.80. The molecule has 0 atom stereocenters. The summed E-state index contributed by atoms with van der Waals surface area (Å²) in [5, 5.41) is 0. The van der Waals surface area contributed by atoms with Crippen molar-refractivity contribution in [1.82, 2.24) is 9.97 Å². The molecule has 5 nitrogen and oxygen atoms in total. The third kappa shape index (κ3) is 2.45. The van der Waals surface area contributed by atoms with E-state index in [4.69, 9.17) is 10.5 Å². The van der Waals surface area contributed by atoms with Crippen molar-refractivity contribution in [3.63, 3.8) is 0 Å². The van der Waals surface area contributed by atoms with E-state index in [9.17, 15) is 4.79 Å². The number of nitrogens with two attached hydrogens (primary N) is 1. The number of carbonyl (C=O) groups is 1. The van der Waals surface area contributed by atoms with Gasteiger partial charge in [-0.25, -0.2) is 14.8 Å². The Hall–Kier alpha value is -2.43. The van der Waals surface area contributed by atoms with E-state index in [0.717, 1.165) is 11.1 Å². The van der Waals surface area contributed by atoms with Gasteiger partial charge in [-0.3, -0.25) is 0 Å². The zero-order chi connectivity index (χ0) is 13.0. The molecule has 0 aliphatic heterocycles. The Morgan fingerprint density at radius 3 is 2.67 bits per heavy atom. The minimum absolute atomic E-state index is 0.316. The summed E-state index contributed by atoms with van der Waals surface area (Å²) in [5.41, 5.74) is 8.17. The average Bonchev–Trinajstić information content (AvgIpc) is 2.40. The van der Waals surface area contributed by atoms with Gasteiger partial charge in [-0.1, -0.05) is 6.07 Å². The van der Waals surface area contributed by atoms with Gasteiger partial charge in [0.05, 0.1) is 12.2 Å². The van der Waals surface area contributed by atoms with Gasteiger partial charge in [0.25, 0.3) is 0 Å². The molecular formula is C13H13N3O2. The molecule has 0 unspecified atom stereocenters. The van der Waals surface area contributed by atoms with Gasteiger partial charge in [-0.05, 0) is 24.6 Å². The zero-order valence-corrected chi connectivity index (χ0v) is 9.96. The molecule has 0 radical (unpaired) electrons. The minimum atomic E-state index is -0.423. The van der Waals surface area contributed by atoms with Crippen LogP contribution in [0.15, 0.2) is 36.9 Å². The van der Waals surface area contributed by atoms with Crippen LogP contribution in [0.5, 0.6) is 0 Å². The molecular weight excluding hydrogens is 230 g/mol. The fourth-order valence-electron chi connectivity index (χ4n) is 1.57. The Bertz CT molecular complexity index is 555. The lowest BCUT2D eigenvalue weighted by Crippen LogP contribution is -2.08. The maximum absolute atomic E-state index is 11.7. The highest BCUT2D eigenvalue weighted by Gasteiger charge is 2.12. The number of esters is 1. The highest BCUT2D eigenvalue weighted by Crippen LogP contribution is 2.23. The van der Waals surface area contributed by atoms with Gasteiger partial charge in [-0.2, -0.15) is 0 Å². The molecule has 92 valence electrons. The van der Waals surface area contributed by atoms with Crippen LogP contribution in [0.4, 0.5) is 5.69 Å². The monoisotopic (exact) mass is 243 g/mol. The normalized spacial score (nSPS) is 10.1. The molecule has 0 amide bonds. The quantitative estimate of drug-likeness (QED) is 0.658. The van der Waals surface area contributed by atoms with Crippen molar-refractivity contribution < 1.29 is 9.53 Å². The molecule has 2 N–H and O–H groups in total. The second-order valence-electron chi connectivity index (χ2n) is 3.65. The van der Waals surface area contributed by atoms with Gasteiger partial charge in [-0.15, -0.1) is 0 Å². The van der Waals surface area contributed by atoms with Gasteiger partial charge >= 0.3 is 5.97 Å². The number of benzene rings is 1. The standard InChI is InChI=1S/C13H13N3O2/c1-2-18-13(17)11-5-9(3-4-12(11)14)10-6-15-8-16-7-10/h3-8H,2,14H2,1H3. The molecule has 2 aromatic rings. The van der Waals surface area contributed by atoms with Gasteiger partial charge in [0.1, 0.15) is 6.33 Å². The molecule has 0 saturated carbocycles. The van der Waals surface area contributed by atoms with E-state index in [1.165, 1.54) is 6.33 Å². The third-order valence-electron chi connectivity index (χ3n) is 2.44. The average molecular weight is 243 g/mol. The van der Waals surface area contributed by atoms with Crippen molar-refractivity contribution in [2.45, 2.75) is 6.92 Å². The number of anilines is 1. The number of carbonyl (C=O) groups excluding carboxylic acids is 1. The molecule has 0 fully saturated rings. The Labute approximate surface area is 105 Å². The zero-order valence-electron chi connectivity index (χ0n) is 9.96. The predicted molar refractivity (Wildman–Crippen MR) is 67.8 cm³/mol. The first-order chi connectivity index (χ1) is 8.72. The molecule has 0 bridgehead atoms. The third-order valence-corrected chi connectivity index (χ3v) is 2.44. The summed E-state index contributed by atoms with van der Waals surface area (Å²) in [4.78, 5) is 19.6. The van der Waals surface area contributed by atoms with Crippen molar-refractivity contribution in [2.24, 2.45) is 0 Å². The molecule has 0 aliphatic carbocycles. The van der Waals surface area contributed by atoms with E-state index in [0.29, 0.717) is 17.9 Å². The Balaban J connectivity index is 2.41. The van der Waals surface area contributed by atoms with Crippen LogP contribution in [0, 0.1) is 0 Å². The van der Waals surface area contributed by atoms with E-state index < -0.39 is 5.97 Å². The molecule has 0 spiro atoms. The van der Waals surface area contributed by atoms with E-state index in [-0.39, 0.29) is 0 Å². The van der Waals surface area contributed by atoms with Gasteiger partial charge in [0.15, 0.2) is 0 Å². The first-order valence-corrected chi connectivity index (χ1v) is 5.54. The van der Waals surface area contributed by atoms with Crippen molar-refractivity contribution in [1.29, 1.82) is 0 Å². The molecule has 1 aromatic carbocycles. The van der Waals surface area contributed by atoms with Gasteiger partial charge < -0.3 is 10.5 Å². The number of nitrogens with zero attached hydrogens (tertiary/aromatic N) is 2. The van der Waals surface area contributed by atoms with Crippen LogP contribution in [0.1, 0.15) is 17.3 Å². The highest BCUT2D eigenvalue weighted by atomic mass is 16.5. The molecule has 0 aliphatic rings. The Morgan fingerprint density at radius 1 is 1.28 bits per heavy atom. The number of hydrogen-bond acceptors (Lipinski definition) is 5. The van der Waals surface area contributed by atoms with Crippen LogP contribution in [-0.2, 0) is 4.74 Å². The first-order valence-electron chi connectivity index (χ1n) is 5.54. The van der Waals surface area contributed by atoms with Crippen LogP contribution in [0.2, 0.25) is 0 Å². The fraction of sp³-hybridized carbons (Fsp3) is 0.154. The first kappa shape index (κ1) is 12.0. The van der Waals surface area contributed by atoms with Crippen LogP contribution in [-0.4, -0.2) is 22.5 Å². The van der Waals surface area contributed by atoms with Crippen LogP contribution < -0.4 is 5.73 Å². The van der Waals surface area contributed by atoms with Crippen molar-refractivity contribution in [2.75, 3.05) is 12.3 Å². The molecule has 18 heavy (non-hydrogen) atoms. The van der Waals surface area contributed by atoms with E-state index in [1.54, 1.807) is 31.5 Å². The van der Waals surface area contributed by atoms with E-state index in [2.05, 4.69) is 9.97 Å². The maximum atomic E-state index is 11.7. The second kappa shape index (κ2) is 5.27. The Morgan fingerprint density at radius 2 is 2.00 bits per heavy atom. The smallest absolute Gasteiger partial charge is 0.340 e. The predicted octanol–water partition coefficient (Wildman–Crippen LogP) is 1.90. The van der Waals surface area contributed by atoms with Crippen LogP contribution in [0.3, 0.4) is 0 Å². The molecule has 5 heteroatoms. The number of nitrogen functional groups attached to an aromatic ring is 1. The molecule has 0 saturated heterocycles. The summed E-state index contributed by atoms with van der Waals surface area (Å²) in [6, 6.07) is 5.18. The largest absolute Gasteiger partial charge is 0.462 e.